The number of aryl methyl sites for hydroxylation is 1. The zero-order valence-electron chi connectivity index (χ0n) is 20.2. The summed E-state index contributed by atoms with van der Waals surface area (Å²) in [5.41, 5.74) is 2.55. The Morgan fingerprint density at radius 1 is 1.21 bits per heavy atom. The van der Waals surface area contributed by atoms with E-state index in [0.29, 0.717) is 23.6 Å². The summed E-state index contributed by atoms with van der Waals surface area (Å²) in [4.78, 5) is 21.4. The van der Waals surface area contributed by atoms with E-state index in [4.69, 9.17) is 16.4 Å². The number of hydroxylamine groups is 1. The molecule has 3 N–H and O–H groups in total. The first kappa shape index (κ1) is 28.6. The van der Waals surface area contributed by atoms with Gasteiger partial charge in [0, 0.05) is 22.0 Å². The number of anilines is 2. The SMILES string of the molecule is CCc1ncccc1CNS(=O)(=O)c1cc(C(=O)NOCC2CC2)c(Nc2ccc(I)cc2Cl)c(F)c1F. The minimum atomic E-state index is -4.59. The number of rotatable bonds is 11. The van der Waals surface area contributed by atoms with Gasteiger partial charge in [-0.05, 0) is 83.7 Å². The van der Waals surface area contributed by atoms with E-state index >= 15 is 8.78 Å². The molecule has 0 aliphatic heterocycles. The van der Waals surface area contributed by atoms with Gasteiger partial charge in [0.1, 0.15) is 4.90 Å². The fourth-order valence-electron chi connectivity index (χ4n) is 3.59. The summed E-state index contributed by atoms with van der Waals surface area (Å²) in [5, 5.41) is 2.82. The lowest BCUT2D eigenvalue weighted by Crippen LogP contribution is -2.29. The molecule has 0 unspecified atom stereocenters. The van der Waals surface area contributed by atoms with Crippen LogP contribution in [-0.4, -0.2) is 25.9 Å². The highest BCUT2D eigenvalue weighted by Gasteiger charge is 2.30. The van der Waals surface area contributed by atoms with Crippen LogP contribution in [0.2, 0.25) is 5.02 Å². The van der Waals surface area contributed by atoms with E-state index < -0.39 is 43.7 Å². The van der Waals surface area contributed by atoms with Gasteiger partial charge < -0.3 is 5.32 Å². The standard InChI is InChI=1S/C25H24ClF2IN4O4S/c1-2-19-15(4-3-9-30-19)12-31-38(35,36)21-11-17(25(34)33-37-13-14-5-6-14)24(23(28)22(21)27)32-20-8-7-16(29)10-18(20)26/h3-4,7-11,14,31-32H,2,5-6,12-13H2,1H3,(H,33,34). The fraction of sp³-hybridized carbons (Fsp3) is 0.280. The molecule has 0 atom stereocenters. The van der Waals surface area contributed by atoms with Crippen molar-refractivity contribution in [3.63, 3.8) is 0 Å². The molecule has 1 fully saturated rings. The van der Waals surface area contributed by atoms with E-state index in [2.05, 4.69) is 20.5 Å². The molecule has 202 valence electrons. The molecule has 0 radical (unpaired) electrons. The number of nitrogens with one attached hydrogen (secondary N) is 3. The maximum absolute atomic E-state index is 15.4. The van der Waals surface area contributed by atoms with Crippen LogP contribution in [0.5, 0.6) is 0 Å². The Bertz CT molecular complexity index is 1470. The van der Waals surface area contributed by atoms with Crippen LogP contribution in [0.1, 0.15) is 41.4 Å². The third-order valence-electron chi connectivity index (χ3n) is 5.85. The number of carbonyl (C=O) groups excluding carboxylic acids is 1. The maximum Gasteiger partial charge on any atom is 0.277 e. The maximum atomic E-state index is 15.4. The number of aromatic nitrogens is 1. The first-order chi connectivity index (χ1) is 18.1. The van der Waals surface area contributed by atoms with E-state index in [1.807, 2.05) is 29.5 Å². The Balaban J connectivity index is 1.70. The van der Waals surface area contributed by atoms with E-state index in [1.54, 1.807) is 30.5 Å². The molecule has 2 aromatic carbocycles. The van der Waals surface area contributed by atoms with Gasteiger partial charge in [-0.2, -0.15) is 0 Å². The molecule has 1 aromatic heterocycles. The van der Waals surface area contributed by atoms with Crippen LogP contribution in [0.15, 0.2) is 47.5 Å². The zero-order valence-corrected chi connectivity index (χ0v) is 23.9. The van der Waals surface area contributed by atoms with Crippen molar-refractivity contribution in [1.29, 1.82) is 0 Å². The van der Waals surface area contributed by atoms with Crippen LogP contribution < -0.4 is 15.5 Å². The van der Waals surface area contributed by atoms with Gasteiger partial charge in [-0.3, -0.25) is 14.6 Å². The van der Waals surface area contributed by atoms with Gasteiger partial charge in [-0.15, -0.1) is 0 Å². The largest absolute Gasteiger partial charge is 0.351 e. The van der Waals surface area contributed by atoms with Crippen molar-refractivity contribution in [3.8, 4) is 0 Å². The molecule has 0 bridgehead atoms. The van der Waals surface area contributed by atoms with Crippen LogP contribution in [0.4, 0.5) is 20.2 Å². The van der Waals surface area contributed by atoms with E-state index in [1.165, 1.54) is 6.07 Å². The summed E-state index contributed by atoms with van der Waals surface area (Å²) in [6, 6.07) is 8.88. The van der Waals surface area contributed by atoms with Crippen molar-refractivity contribution >= 4 is 61.5 Å². The van der Waals surface area contributed by atoms with Gasteiger partial charge in [-0.25, -0.2) is 27.4 Å². The van der Waals surface area contributed by atoms with Gasteiger partial charge in [0.05, 0.1) is 28.6 Å². The predicted octanol–water partition coefficient (Wildman–Crippen LogP) is 5.47. The second-order valence-corrected chi connectivity index (χ2v) is 12.0. The van der Waals surface area contributed by atoms with Gasteiger partial charge in [0.25, 0.3) is 5.91 Å². The molecule has 1 aliphatic carbocycles. The monoisotopic (exact) mass is 676 g/mol. The van der Waals surface area contributed by atoms with Crippen LogP contribution in [0.3, 0.4) is 0 Å². The number of benzene rings is 2. The number of amides is 1. The molecule has 4 rings (SSSR count). The molecule has 13 heteroatoms. The lowest BCUT2D eigenvalue weighted by molar-refractivity contribution is 0.0270. The first-order valence-electron chi connectivity index (χ1n) is 11.7. The number of hydrogen-bond acceptors (Lipinski definition) is 6. The van der Waals surface area contributed by atoms with Gasteiger partial charge in [0.2, 0.25) is 10.0 Å². The molecule has 1 heterocycles. The minimum Gasteiger partial charge on any atom is -0.351 e. The number of halogens is 4. The zero-order chi connectivity index (χ0) is 27.4. The quantitative estimate of drug-likeness (QED) is 0.184. The number of hydrogen-bond donors (Lipinski definition) is 3. The average molecular weight is 677 g/mol. The molecular weight excluding hydrogens is 653 g/mol. The number of carbonyl (C=O) groups is 1. The summed E-state index contributed by atoms with van der Waals surface area (Å²) in [6.45, 7) is 1.90. The smallest absolute Gasteiger partial charge is 0.277 e. The number of nitrogens with zero attached hydrogens (tertiary/aromatic N) is 1. The third kappa shape index (κ3) is 6.78. The molecule has 1 amide bonds. The van der Waals surface area contributed by atoms with Crippen molar-refractivity contribution < 1.29 is 26.8 Å². The Morgan fingerprint density at radius 3 is 2.66 bits per heavy atom. The predicted molar refractivity (Wildman–Crippen MR) is 148 cm³/mol. The van der Waals surface area contributed by atoms with E-state index in [9.17, 15) is 13.2 Å². The molecular formula is C25H24ClF2IN4O4S. The Kier molecular flexibility index (Phi) is 9.19. The summed E-state index contributed by atoms with van der Waals surface area (Å²) >= 11 is 8.27. The molecule has 1 saturated carbocycles. The number of sulfonamides is 1. The van der Waals surface area contributed by atoms with Crippen molar-refractivity contribution in [2.45, 2.75) is 37.6 Å². The Hall–Kier alpha value is -2.39. The van der Waals surface area contributed by atoms with Crippen LogP contribution in [0.25, 0.3) is 0 Å². The minimum absolute atomic E-state index is 0.189. The van der Waals surface area contributed by atoms with E-state index in [-0.39, 0.29) is 23.9 Å². The highest BCUT2D eigenvalue weighted by atomic mass is 127. The summed E-state index contributed by atoms with van der Waals surface area (Å²) in [6.07, 6.45) is 4.05. The lowest BCUT2D eigenvalue weighted by Gasteiger charge is -2.17. The van der Waals surface area contributed by atoms with Crippen LogP contribution >= 0.6 is 34.2 Å². The third-order valence-corrected chi connectivity index (χ3v) is 8.24. The second kappa shape index (κ2) is 12.2. The van der Waals surface area contributed by atoms with Crippen molar-refractivity contribution in [2.24, 2.45) is 5.92 Å². The van der Waals surface area contributed by atoms with Crippen molar-refractivity contribution in [2.75, 3.05) is 11.9 Å². The molecule has 38 heavy (non-hydrogen) atoms. The average Bonchev–Trinajstić information content (AvgIpc) is 3.71. The molecule has 1 aliphatic rings. The van der Waals surface area contributed by atoms with Gasteiger partial charge in [0.15, 0.2) is 11.6 Å². The highest BCUT2D eigenvalue weighted by molar-refractivity contribution is 14.1. The van der Waals surface area contributed by atoms with Crippen molar-refractivity contribution in [3.05, 3.63) is 79.6 Å². The Morgan fingerprint density at radius 2 is 1.97 bits per heavy atom. The fourth-order valence-corrected chi connectivity index (χ4v) is 5.59. The summed E-state index contributed by atoms with van der Waals surface area (Å²) in [5.74, 6) is -3.86. The van der Waals surface area contributed by atoms with Gasteiger partial charge in [-0.1, -0.05) is 24.6 Å². The lowest BCUT2D eigenvalue weighted by atomic mass is 10.1. The first-order valence-corrected chi connectivity index (χ1v) is 14.6. The second-order valence-electron chi connectivity index (χ2n) is 8.65. The summed E-state index contributed by atoms with van der Waals surface area (Å²) < 4.78 is 59.9. The number of pyridine rings is 1. The molecule has 3 aromatic rings. The van der Waals surface area contributed by atoms with Gasteiger partial charge >= 0.3 is 0 Å². The molecule has 0 saturated heterocycles. The molecule has 0 spiro atoms. The van der Waals surface area contributed by atoms with Crippen LogP contribution in [-0.2, 0) is 27.8 Å². The summed E-state index contributed by atoms with van der Waals surface area (Å²) in [7, 11) is -4.59. The normalized spacial score (nSPS) is 13.4. The Labute approximate surface area is 237 Å². The van der Waals surface area contributed by atoms with E-state index in [0.717, 1.165) is 22.5 Å². The van der Waals surface area contributed by atoms with Crippen molar-refractivity contribution in [1.82, 2.24) is 15.2 Å². The highest BCUT2D eigenvalue weighted by Crippen LogP contribution is 2.34. The molecule has 8 nitrogen and oxygen atoms in total. The topological polar surface area (TPSA) is 109 Å². The van der Waals surface area contributed by atoms with Crippen LogP contribution in [0, 0.1) is 21.1 Å².